The summed E-state index contributed by atoms with van der Waals surface area (Å²) >= 11 is 0. The zero-order valence-electron chi connectivity index (χ0n) is 9.00. The van der Waals surface area contributed by atoms with Gasteiger partial charge in [0.25, 0.3) is 0 Å². The lowest BCUT2D eigenvalue weighted by Crippen LogP contribution is -2.47. The van der Waals surface area contributed by atoms with Crippen molar-refractivity contribution in [3.05, 3.63) is 24.0 Å². The fourth-order valence-corrected chi connectivity index (χ4v) is 1.67. The van der Waals surface area contributed by atoms with Crippen molar-refractivity contribution in [2.45, 2.75) is 18.9 Å². The summed E-state index contributed by atoms with van der Waals surface area (Å²) in [6.07, 6.45) is 0.606. The summed E-state index contributed by atoms with van der Waals surface area (Å²) in [5.74, 6) is -1.25. The summed E-state index contributed by atoms with van der Waals surface area (Å²) in [6, 6.07) is 3.59. The number of piperidine rings is 1. The molecule has 1 fully saturated rings. The fraction of sp³-hybridized carbons (Fsp3) is 0.273. The molecular weight excluding hydrogens is 225 g/mol. The van der Waals surface area contributed by atoms with Crippen LogP contribution in [-0.4, -0.2) is 17.9 Å². The second kappa shape index (κ2) is 4.40. The van der Waals surface area contributed by atoms with E-state index in [9.17, 15) is 14.0 Å². The zero-order valence-corrected chi connectivity index (χ0v) is 9.00. The summed E-state index contributed by atoms with van der Waals surface area (Å²) in [4.78, 5) is 22.4. The van der Waals surface area contributed by atoms with Crippen LogP contribution in [0.5, 0.6) is 0 Å². The lowest BCUT2D eigenvalue weighted by atomic mass is 10.1. The number of amides is 2. The van der Waals surface area contributed by atoms with Crippen LogP contribution < -0.4 is 16.4 Å². The molecule has 90 valence electrons. The number of benzene rings is 1. The van der Waals surface area contributed by atoms with Crippen LogP contribution in [-0.2, 0) is 9.59 Å². The van der Waals surface area contributed by atoms with Crippen LogP contribution in [0.4, 0.5) is 15.8 Å². The predicted molar refractivity (Wildman–Crippen MR) is 60.6 cm³/mol. The second-order valence-corrected chi connectivity index (χ2v) is 3.89. The number of carbonyl (C=O) groups is 2. The van der Waals surface area contributed by atoms with Crippen molar-refractivity contribution < 1.29 is 14.0 Å². The average Bonchev–Trinajstić information content (AvgIpc) is 2.25. The molecule has 0 radical (unpaired) electrons. The summed E-state index contributed by atoms with van der Waals surface area (Å²) in [5, 5.41) is 4.94. The van der Waals surface area contributed by atoms with Gasteiger partial charge in [0.1, 0.15) is 11.9 Å². The van der Waals surface area contributed by atoms with Crippen molar-refractivity contribution in [2.24, 2.45) is 0 Å². The molecule has 2 amide bonds. The number of hydrogen-bond acceptors (Lipinski definition) is 4. The minimum absolute atomic E-state index is 0.202. The molecule has 1 aromatic rings. The quantitative estimate of drug-likeness (QED) is 0.520. The highest BCUT2D eigenvalue weighted by Gasteiger charge is 2.26. The Morgan fingerprint density at radius 2 is 2.18 bits per heavy atom. The number of imide groups is 1. The van der Waals surface area contributed by atoms with Gasteiger partial charge < -0.3 is 11.1 Å². The van der Waals surface area contributed by atoms with E-state index in [2.05, 4.69) is 10.6 Å². The van der Waals surface area contributed by atoms with Crippen LogP contribution in [0.2, 0.25) is 0 Å². The van der Waals surface area contributed by atoms with Gasteiger partial charge in [-0.2, -0.15) is 0 Å². The van der Waals surface area contributed by atoms with Crippen molar-refractivity contribution in [1.82, 2.24) is 5.32 Å². The third kappa shape index (κ3) is 2.52. The van der Waals surface area contributed by atoms with Gasteiger partial charge in [0, 0.05) is 12.1 Å². The van der Waals surface area contributed by atoms with E-state index >= 15 is 0 Å². The normalized spacial score (nSPS) is 19.9. The van der Waals surface area contributed by atoms with E-state index in [1.54, 1.807) is 0 Å². The lowest BCUT2D eigenvalue weighted by molar-refractivity contribution is -0.133. The third-order valence-electron chi connectivity index (χ3n) is 2.56. The van der Waals surface area contributed by atoms with Crippen LogP contribution in [0.1, 0.15) is 12.8 Å². The Balaban J connectivity index is 2.10. The van der Waals surface area contributed by atoms with E-state index in [0.717, 1.165) is 0 Å². The standard InChI is InChI=1S/C11H12FN3O2/c12-7-5-6(13)1-2-8(7)14-9-3-4-10(16)15-11(9)17/h1-2,5,9,14H,3-4,13H2,(H,15,16,17). The molecule has 0 aliphatic carbocycles. The molecule has 6 heteroatoms. The molecule has 1 aromatic carbocycles. The highest BCUT2D eigenvalue weighted by atomic mass is 19.1. The number of carbonyl (C=O) groups excluding carboxylic acids is 2. The first-order valence-electron chi connectivity index (χ1n) is 5.21. The van der Waals surface area contributed by atoms with Crippen molar-refractivity contribution in [3.63, 3.8) is 0 Å². The molecule has 1 saturated heterocycles. The molecule has 5 nitrogen and oxygen atoms in total. The summed E-state index contributed by atoms with van der Waals surface area (Å²) in [6.45, 7) is 0. The van der Waals surface area contributed by atoms with Gasteiger partial charge in [-0.3, -0.25) is 14.9 Å². The maximum absolute atomic E-state index is 13.5. The average molecular weight is 237 g/mol. The van der Waals surface area contributed by atoms with E-state index in [0.29, 0.717) is 12.1 Å². The molecule has 1 atom stereocenters. The number of anilines is 2. The highest BCUT2D eigenvalue weighted by molar-refractivity contribution is 6.01. The number of nitrogens with two attached hydrogens (primary N) is 1. The predicted octanol–water partition coefficient (Wildman–Crippen LogP) is 0.625. The van der Waals surface area contributed by atoms with E-state index in [1.807, 2.05) is 0 Å². The number of hydrogen-bond donors (Lipinski definition) is 3. The Morgan fingerprint density at radius 1 is 1.41 bits per heavy atom. The maximum atomic E-state index is 13.5. The van der Waals surface area contributed by atoms with Crippen LogP contribution >= 0.6 is 0 Å². The van der Waals surface area contributed by atoms with Crippen LogP contribution in [0.25, 0.3) is 0 Å². The van der Waals surface area contributed by atoms with Gasteiger partial charge in [-0.05, 0) is 24.6 Å². The van der Waals surface area contributed by atoms with E-state index < -0.39 is 17.8 Å². The van der Waals surface area contributed by atoms with Crippen molar-refractivity contribution >= 4 is 23.2 Å². The molecule has 4 N–H and O–H groups in total. The molecule has 2 rings (SSSR count). The topological polar surface area (TPSA) is 84.2 Å². The minimum atomic E-state index is -0.592. The minimum Gasteiger partial charge on any atom is -0.399 e. The first-order valence-corrected chi connectivity index (χ1v) is 5.21. The maximum Gasteiger partial charge on any atom is 0.249 e. The summed E-state index contributed by atoms with van der Waals surface area (Å²) in [5.41, 5.74) is 5.93. The van der Waals surface area contributed by atoms with Gasteiger partial charge in [0.2, 0.25) is 11.8 Å². The molecule has 0 aromatic heterocycles. The molecule has 0 saturated carbocycles. The summed E-state index contributed by atoms with van der Waals surface area (Å²) < 4.78 is 13.5. The van der Waals surface area contributed by atoms with E-state index in [4.69, 9.17) is 5.73 Å². The second-order valence-electron chi connectivity index (χ2n) is 3.89. The molecule has 0 spiro atoms. The third-order valence-corrected chi connectivity index (χ3v) is 2.56. The van der Waals surface area contributed by atoms with Gasteiger partial charge in [0.05, 0.1) is 5.69 Å². The van der Waals surface area contributed by atoms with Crippen molar-refractivity contribution in [1.29, 1.82) is 0 Å². The molecule has 1 aliphatic heterocycles. The number of halogens is 1. The SMILES string of the molecule is Nc1ccc(NC2CCC(=O)NC2=O)c(F)c1. The Morgan fingerprint density at radius 3 is 2.82 bits per heavy atom. The number of rotatable bonds is 2. The monoisotopic (exact) mass is 237 g/mol. The van der Waals surface area contributed by atoms with Gasteiger partial charge in [-0.1, -0.05) is 0 Å². The highest BCUT2D eigenvalue weighted by Crippen LogP contribution is 2.19. The smallest absolute Gasteiger partial charge is 0.249 e. The first kappa shape index (κ1) is 11.4. The van der Waals surface area contributed by atoms with Gasteiger partial charge >= 0.3 is 0 Å². The van der Waals surface area contributed by atoms with E-state index in [-0.39, 0.29) is 18.0 Å². The molecule has 1 unspecified atom stereocenters. The summed E-state index contributed by atoms with van der Waals surface area (Å²) in [7, 11) is 0. The Bertz CT molecular complexity index is 476. The van der Waals surface area contributed by atoms with Crippen molar-refractivity contribution in [2.75, 3.05) is 11.1 Å². The molecule has 17 heavy (non-hydrogen) atoms. The Labute approximate surface area is 97.2 Å². The Kier molecular flexibility index (Phi) is 2.95. The Hall–Kier alpha value is -2.11. The molecule has 1 aliphatic rings. The van der Waals surface area contributed by atoms with Crippen LogP contribution in [0.3, 0.4) is 0 Å². The molecule has 0 bridgehead atoms. The fourth-order valence-electron chi connectivity index (χ4n) is 1.67. The number of nitrogen functional groups attached to an aromatic ring is 1. The zero-order chi connectivity index (χ0) is 12.4. The van der Waals surface area contributed by atoms with Gasteiger partial charge in [-0.25, -0.2) is 4.39 Å². The van der Waals surface area contributed by atoms with Gasteiger partial charge in [0.15, 0.2) is 0 Å². The first-order chi connectivity index (χ1) is 8.06. The molecular formula is C11H12FN3O2. The molecule has 1 heterocycles. The van der Waals surface area contributed by atoms with Crippen molar-refractivity contribution in [3.8, 4) is 0 Å². The largest absolute Gasteiger partial charge is 0.399 e. The van der Waals surface area contributed by atoms with Gasteiger partial charge in [-0.15, -0.1) is 0 Å². The van der Waals surface area contributed by atoms with Crippen LogP contribution in [0, 0.1) is 5.82 Å². The lowest BCUT2D eigenvalue weighted by Gasteiger charge is -2.23. The van der Waals surface area contributed by atoms with E-state index in [1.165, 1.54) is 18.2 Å². The number of nitrogens with one attached hydrogen (secondary N) is 2. The van der Waals surface area contributed by atoms with Crippen LogP contribution in [0.15, 0.2) is 18.2 Å².